The van der Waals surface area contributed by atoms with Crippen LogP contribution in [0.3, 0.4) is 0 Å². The van der Waals surface area contributed by atoms with Crippen molar-refractivity contribution in [2.75, 3.05) is 0 Å². The van der Waals surface area contributed by atoms with Gasteiger partial charge in [-0.05, 0) is 31.0 Å². The summed E-state index contributed by atoms with van der Waals surface area (Å²) in [5.74, 6) is 1.50. The molecule has 0 bridgehead atoms. The van der Waals surface area contributed by atoms with Crippen molar-refractivity contribution in [2.45, 2.75) is 20.3 Å². The molecule has 0 saturated heterocycles. The van der Waals surface area contributed by atoms with Gasteiger partial charge in [-0.15, -0.1) is 0 Å². The van der Waals surface area contributed by atoms with E-state index >= 15 is 0 Å². The first-order valence-corrected chi connectivity index (χ1v) is 7.56. The molecule has 24 heavy (non-hydrogen) atoms. The van der Waals surface area contributed by atoms with Crippen molar-refractivity contribution in [3.05, 3.63) is 58.3 Å². The minimum atomic E-state index is -0.366. The molecule has 4 rings (SSSR count). The van der Waals surface area contributed by atoms with Gasteiger partial charge in [0.15, 0.2) is 0 Å². The monoisotopic (exact) mass is 322 g/mol. The van der Waals surface area contributed by atoms with E-state index in [0.29, 0.717) is 23.0 Å². The van der Waals surface area contributed by atoms with E-state index in [1.54, 1.807) is 12.1 Å². The number of nitrogens with zero attached hydrogens (tertiary/aromatic N) is 4. The first-order valence-electron chi connectivity index (χ1n) is 7.56. The Morgan fingerprint density at radius 3 is 2.96 bits per heavy atom. The first kappa shape index (κ1) is 14.4. The van der Waals surface area contributed by atoms with Crippen molar-refractivity contribution in [3.8, 4) is 11.6 Å². The van der Waals surface area contributed by atoms with Crippen LogP contribution in [-0.4, -0.2) is 19.6 Å². The van der Waals surface area contributed by atoms with E-state index in [4.69, 9.17) is 9.15 Å². The fourth-order valence-corrected chi connectivity index (χ4v) is 2.66. The third-order valence-electron chi connectivity index (χ3n) is 3.75. The molecule has 0 fully saturated rings. The molecule has 4 aromatic rings. The van der Waals surface area contributed by atoms with Gasteiger partial charge in [0.2, 0.25) is 5.88 Å². The van der Waals surface area contributed by atoms with E-state index in [2.05, 4.69) is 15.1 Å². The van der Waals surface area contributed by atoms with E-state index in [0.717, 1.165) is 23.1 Å². The zero-order valence-electron chi connectivity index (χ0n) is 13.2. The summed E-state index contributed by atoms with van der Waals surface area (Å²) < 4.78 is 12.7. The summed E-state index contributed by atoms with van der Waals surface area (Å²) in [4.78, 5) is 20.0. The van der Waals surface area contributed by atoms with Gasteiger partial charge in [0.05, 0.1) is 0 Å². The van der Waals surface area contributed by atoms with E-state index < -0.39 is 0 Å². The maximum atomic E-state index is 11.7. The predicted molar refractivity (Wildman–Crippen MR) is 87.5 cm³/mol. The zero-order valence-corrected chi connectivity index (χ0v) is 13.2. The lowest BCUT2D eigenvalue weighted by molar-refractivity contribution is 0.444. The molecule has 3 heterocycles. The molecule has 3 aromatic heterocycles. The van der Waals surface area contributed by atoms with Crippen molar-refractivity contribution in [2.24, 2.45) is 0 Å². The van der Waals surface area contributed by atoms with Crippen LogP contribution >= 0.6 is 0 Å². The normalized spacial score (nSPS) is 11.2. The average molecular weight is 322 g/mol. The third kappa shape index (κ3) is 2.40. The molecule has 0 amide bonds. The highest BCUT2D eigenvalue weighted by molar-refractivity contribution is 5.81. The summed E-state index contributed by atoms with van der Waals surface area (Å²) >= 11 is 0. The van der Waals surface area contributed by atoms with Crippen LogP contribution in [0, 0.1) is 6.92 Å². The van der Waals surface area contributed by atoms with Crippen LogP contribution < -0.4 is 10.4 Å². The highest BCUT2D eigenvalue weighted by Gasteiger charge is 2.10. The molecule has 7 heteroatoms. The lowest BCUT2D eigenvalue weighted by Gasteiger charge is -2.09. The van der Waals surface area contributed by atoms with Crippen molar-refractivity contribution in [1.29, 1.82) is 0 Å². The Morgan fingerprint density at radius 1 is 1.25 bits per heavy atom. The third-order valence-corrected chi connectivity index (χ3v) is 3.75. The number of aryl methyl sites for hydroxylation is 2. The van der Waals surface area contributed by atoms with Crippen molar-refractivity contribution in [3.63, 3.8) is 0 Å². The summed E-state index contributed by atoms with van der Waals surface area (Å²) in [5, 5.41) is 5.01. The minimum absolute atomic E-state index is 0.366. The predicted octanol–water partition coefficient (Wildman–Crippen LogP) is 2.89. The van der Waals surface area contributed by atoms with Gasteiger partial charge < -0.3 is 9.15 Å². The second-order valence-electron chi connectivity index (χ2n) is 5.41. The van der Waals surface area contributed by atoms with Crippen LogP contribution in [0.25, 0.3) is 16.7 Å². The van der Waals surface area contributed by atoms with Gasteiger partial charge in [0, 0.05) is 29.3 Å². The summed E-state index contributed by atoms with van der Waals surface area (Å²) in [5.41, 5.74) is 1.85. The summed E-state index contributed by atoms with van der Waals surface area (Å²) in [6.07, 6.45) is 2.17. The van der Waals surface area contributed by atoms with E-state index in [-0.39, 0.29) is 5.63 Å². The molecule has 1 aromatic carbocycles. The topological polar surface area (TPSA) is 82.5 Å². The highest BCUT2D eigenvalue weighted by Crippen LogP contribution is 2.27. The van der Waals surface area contributed by atoms with Crippen LogP contribution in [-0.2, 0) is 6.42 Å². The fraction of sp³-hybridized carbons (Fsp3) is 0.176. The largest absolute Gasteiger partial charge is 0.439 e. The number of aromatic nitrogens is 4. The van der Waals surface area contributed by atoms with Gasteiger partial charge in [0.25, 0.3) is 5.78 Å². The first-order chi connectivity index (χ1) is 11.6. The molecular weight excluding hydrogens is 308 g/mol. The van der Waals surface area contributed by atoms with Crippen LogP contribution in [0.2, 0.25) is 0 Å². The molecule has 0 saturated carbocycles. The van der Waals surface area contributed by atoms with Gasteiger partial charge >= 0.3 is 5.63 Å². The van der Waals surface area contributed by atoms with E-state index in [1.807, 2.05) is 26.0 Å². The van der Waals surface area contributed by atoms with Gasteiger partial charge in [-0.1, -0.05) is 6.92 Å². The summed E-state index contributed by atoms with van der Waals surface area (Å²) in [7, 11) is 0. The number of rotatable bonds is 3. The van der Waals surface area contributed by atoms with Crippen molar-refractivity contribution < 1.29 is 9.15 Å². The fourth-order valence-electron chi connectivity index (χ4n) is 2.66. The SMILES string of the molecule is CCc1cc(=O)oc2cc(Oc3cc(C)nc4ncnn34)ccc12. The van der Waals surface area contributed by atoms with Crippen molar-refractivity contribution in [1.82, 2.24) is 19.6 Å². The number of benzene rings is 1. The van der Waals surface area contributed by atoms with Gasteiger partial charge in [-0.3, -0.25) is 0 Å². The lowest BCUT2D eigenvalue weighted by atomic mass is 10.1. The summed E-state index contributed by atoms with van der Waals surface area (Å²) in [6, 6.07) is 8.71. The molecule has 0 radical (unpaired) electrons. The Balaban J connectivity index is 1.82. The molecule has 0 aliphatic carbocycles. The Kier molecular flexibility index (Phi) is 3.26. The second kappa shape index (κ2) is 5.45. The molecule has 120 valence electrons. The van der Waals surface area contributed by atoms with Crippen molar-refractivity contribution >= 4 is 16.7 Å². The molecule has 0 spiro atoms. The standard InChI is InChI=1S/C17H14N4O3/c1-3-11-7-16(22)24-14-8-12(4-5-13(11)14)23-15-6-10(2)20-17-18-9-19-21(15)17/h4-9H,3H2,1-2H3. The lowest BCUT2D eigenvalue weighted by Crippen LogP contribution is -2.01. The maximum absolute atomic E-state index is 11.7. The highest BCUT2D eigenvalue weighted by atomic mass is 16.5. The van der Waals surface area contributed by atoms with Gasteiger partial charge in [-0.25, -0.2) is 9.78 Å². The summed E-state index contributed by atoms with van der Waals surface area (Å²) in [6.45, 7) is 3.86. The molecular formula is C17H14N4O3. The van der Waals surface area contributed by atoms with Crippen LogP contribution in [0.5, 0.6) is 11.6 Å². The van der Waals surface area contributed by atoms with E-state index in [1.165, 1.54) is 16.9 Å². The average Bonchev–Trinajstić information content (AvgIpc) is 3.02. The van der Waals surface area contributed by atoms with Gasteiger partial charge in [0.1, 0.15) is 17.7 Å². The molecule has 0 aliphatic rings. The van der Waals surface area contributed by atoms with E-state index in [9.17, 15) is 4.79 Å². The maximum Gasteiger partial charge on any atom is 0.336 e. The molecule has 0 atom stereocenters. The number of ether oxygens (including phenoxy) is 1. The van der Waals surface area contributed by atoms with Gasteiger partial charge in [-0.2, -0.15) is 14.6 Å². The second-order valence-corrected chi connectivity index (χ2v) is 5.41. The number of hydrogen-bond donors (Lipinski definition) is 0. The quantitative estimate of drug-likeness (QED) is 0.539. The smallest absolute Gasteiger partial charge is 0.336 e. The Bertz CT molecular complexity index is 1110. The van der Waals surface area contributed by atoms with Crippen LogP contribution in [0.4, 0.5) is 0 Å². The Labute approximate surface area is 136 Å². The number of fused-ring (bicyclic) bond motifs is 2. The zero-order chi connectivity index (χ0) is 16.7. The van der Waals surface area contributed by atoms with Crippen LogP contribution in [0.15, 0.2) is 45.9 Å². The Morgan fingerprint density at radius 2 is 2.12 bits per heavy atom. The number of hydrogen-bond acceptors (Lipinski definition) is 6. The Hall–Kier alpha value is -3.22. The minimum Gasteiger partial charge on any atom is -0.439 e. The molecule has 0 N–H and O–H groups in total. The molecule has 7 nitrogen and oxygen atoms in total. The van der Waals surface area contributed by atoms with Crippen LogP contribution in [0.1, 0.15) is 18.2 Å². The molecule has 0 aliphatic heterocycles. The molecule has 0 unspecified atom stereocenters.